The molecule has 10 heteroatoms. The van der Waals surface area contributed by atoms with Gasteiger partial charge in [-0.2, -0.15) is 0 Å². The van der Waals surface area contributed by atoms with Crippen LogP contribution in [0.2, 0.25) is 5.02 Å². The second-order valence-electron chi connectivity index (χ2n) is 6.78. The lowest BCUT2D eigenvalue weighted by Gasteiger charge is -2.18. The van der Waals surface area contributed by atoms with Crippen molar-refractivity contribution in [3.05, 3.63) is 70.7 Å². The molecule has 0 unspecified atom stereocenters. The zero-order valence-electron chi connectivity index (χ0n) is 16.9. The van der Waals surface area contributed by atoms with Crippen LogP contribution < -0.4 is 9.46 Å². The number of methoxy groups -OCH3 is 1. The molecule has 0 amide bonds. The fraction of sp³-hybridized carbons (Fsp3) is 0.143. The molecule has 31 heavy (non-hydrogen) atoms. The molecular weight excluding hydrogens is 462 g/mol. The number of halogens is 1. The minimum Gasteiger partial charge on any atom is -0.507 e. The lowest BCUT2D eigenvalue weighted by Crippen LogP contribution is -2.16. The van der Waals surface area contributed by atoms with Gasteiger partial charge in [0.2, 0.25) is 9.84 Å². The van der Waals surface area contributed by atoms with Gasteiger partial charge in [0.15, 0.2) is 0 Å². The largest absolute Gasteiger partial charge is 0.507 e. The molecule has 0 heterocycles. The van der Waals surface area contributed by atoms with Crippen molar-refractivity contribution in [3.8, 4) is 11.5 Å². The molecule has 0 atom stereocenters. The van der Waals surface area contributed by atoms with Crippen molar-refractivity contribution < 1.29 is 26.7 Å². The molecule has 7 nitrogen and oxygen atoms in total. The summed E-state index contributed by atoms with van der Waals surface area (Å²) >= 11 is 5.84. The van der Waals surface area contributed by atoms with E-state index < -0.39 is 25.6 Å². The Morgan fingerprint density at radius 2 is 1.45 bits per heavy atom. The van der Waals surface area contributed by atoms with Crippen molar-refractivity contribution in [3.63, 3.8) is 0 Å². The summed E-state index contributed by atoms with van der Waals surface area (Å²) in [6.45, 7) is 3.00. The third-order valence-electron chi connectivity index (χ3n) is 4.69. The maximum Gasteiger partial charge on any atom is 0.261 e. The van der Waals surface area contributed by atoms with Crippen molar-refractivity contribution in [2.75, 3.05) is 11.8 Å². The highest BCUT2D eigenvalue weighted by atomic mass is 35.5. The third kappa shape index (κ3) is 4.48. The fourth-order valence-electron chi connectivity index (χ4n) is 3.12. The number of phenolic OH excluding ortho intramolecular Hbond substituents is 1. The SMILES string of the molecule is COc1ccc(S(=O)(=O)Nc2c(C)cc(O)c(S(=O)(=O)c3ccc(Cl)cc3)c2C)cc1. The van der Waals surface area contributed by atoms with Crippen LogP contribution >= 0.6 is 11.6 Å². The zero-order valence-corrected chi connectivity index (χ0v) is 19.3. The average molecular weight is 482 g/mol. The van der Waals surface area contributed by atoms with Crippen LogP contribution in [0, 0.1) is 13.8 Å². The number of anilines is 1. The molecule has 0 radical (unpaired) electrons. The Bertz CT molecular complexity index is 1330. The lowest BCUT2D eigenvalue weighted by atomic mass is 10.1. The van der Waals surface area contributed by atoms with Gasteiger partial charge in [0, 0.05) is 5.02 Å². The number of hydrogen-bond donors (Lipinski definition) is 2. The second-order valence-corrected chi connectivity index (χ2v) is 10.8. The van der Waals surface area contributed by atoms with Gasteiger partial charge in [-0.05, 0) is 79.6 Å². The molecule has 0 fully saturated rings. The third-order valence-corrected chi connectivity index (χ3v) is 8.26. The van der Waals surface area contributed by atoms with Gasteiger partial charge in [-0.25, -0.2) is 16.8 Å². The van der Waals surface area contributed by atoms with E-state index in [1.54, 1.807) is 6.92 Å². The van der Waals surface area contributed by atoms with E-state index in [0.717, 1.165) is 0 Å². The zero-order chi connectivity index (χ0) is 23.0. The first kappa shape index (κ1) is 22.9. The Balaban J connectivity index is 2.11. The Kier molecular flexibility index (Phi) is 6.22. The number of aromatic hydroxyl groups is 1. The van der Waals surface area contributed by atoms with Crippen LogP contribution in [-0.2, 0) is 19.9 Å². The van der Waals surface area contributed by atoms with Gasteiger partial charge in [-0.1, -0.05) is 11.6 Å². The van der Waals surface area contributed by atoms with E-state index in [2.05, 4.69) is 4.72 Å². The van der Waals surface area contributed by atoms with Crippen molar-refractivity contribution in [2.24, 2.45) is 0 Å². The summed E-state index contributed by atoms with van der Waals surface area (Å²) in [4.78, 5) is -0.488. The molecule has 3 aromatic rings. The summed E-state index contributed by atoms with van der Waals surface area (Å²) in [5.41, 5.74) is 0.507. The summed E-state index contributed by atoms with van der Waals surface area (Å²) in [5, 5.41) is 10.8. The monoisotopic (exact) mass is 481 g/mol. The molecule has 0 aliphatic carbocycles. The Hall–Kier alpha value is -2.75. The number of hydrogen-bond acceptors (Lipinski definition) is 6. The van der Waals surface area contributed by atoms with Crippen LogP contribution in [0.1, 0.15) is 11.1 Å². The predicted molar refractivity (Wildman–Crippen MR) is 118 cm³/mol. The number of ether oxygens (including phenoxy) is 1. The number of sulfone groups is 1. The van der Waals surface area contributed by atoms with Crippen LogP contribution in [-0.4, -0.2) is 29.1 Å². The van der Waals surface area contributed by atoms with Gasteiger partial charge in [0.1, 0.15) is 16.4 Å². The summed E-state index contributed by atoms with van der Waals surface area (Å²) in [6, 6.07) is 12.4. The smallest absolute Gasteiger partial charge is 0.261 e. The number of sulfonamides is 1. The maximum absolute atomic E-state index is 13.2. The summed E-state index contributed by atoms with van der Waals surface area (Å²) < 4.78 is 59.6. The van der Waals surface area contributed by atoms with Gasteiger partial charge in [0.05, 0.1) is 22.6 Å². The average Bonchev–Trinajstić information content (AvgIpc) is 2.71. The van der Waals surface area contributed by atoms with Crippen LogP contribution in [0.4, 0.5) is 5.69 Å². The summed E-state index contributed by atoms with van der Waals surface area (Å²) in [5.74, 6) is 0.0182. The quantitative estimate of drug-likeness (QED) is 0.508. The summed E-state index contributed by atoms with van der Waals surface area (Å²) in [6.07, 6.45) is 0. The van der Waals surface area contributed by atoms with E-state index in [1.807, 2.05) is 0 Å². The molecule has 0 aromatic heterocycles. The molecular formula is C21H20ClNO6S2. The topological polar surface area (TPSA) is 110 Å². The van der Waals surface area contributed by atoms with E-state index in [4.69, 9.17) is 16.3 Å². The standard InChI is InChI=1S/C21H20ClNO6S2/c1-13-12-19(24)21(30(25,26)17-8-4-15(22)5-9-17)14(2)20(13)23-31(27,28)18-10-6-16(29-3)7-11-18/h4-12,23-24H,1-3H3. The number of benzene rings is 3. The van der Waals surface area contributed by atoms with Gasteiger partial charge < -0.3 is 9.84 Å². The minimum absolute atomic E-state index is 0.0257. The molecule has 0 saturated carbocycles. The molecule has 2 N–H and O–H groups in total. The molecule has 0 spiro atoms. The van der Waals surface area contributed by atoms with Gasteiger partial charge in [-0.3, -0.25) is 4.72 Å². The first-order valence-corrected chi connectivity index (χ1v) is 12.3. The van der Waals surface area contributed by atoms with Crippen molar-refractivity contribution >= 4 is 37.1 Å². The van der Waals surface area contributed by atoms with Crippen LogP contribution in [0.25, 0.3) is 0 Å². The fourth-order valence-corrected chi connectivity index (χ4v) is 6.01. The number of aryl methyl sites for hydroxylation is 1. The molecule has 0 saturated heterocycles. The predicted octanol–water partition coefficient (Wildman–Crippen LogP) is 4.30. The number of rotatable bonds is 6. The minimum atomic E-state index is -4.15. The van der Waals surface area contributed by atoms with Crippen molar-refractivity contribution in [1.29, 1.82) is 0 Å². The first-order chi connectivity index (χ1) is 14.5. The van der Waals surface area contributed by atoms with Crippen molar-refractivity contribution in [1.82, 2.24) is 0 Å². The Morgan fingerprint density at radius 3 is 2.00 bits per heavy atom. The molecule has 0 aliphatic heterocycles. The normalized spacial score (nSPS) is 11.9. The van der Waals surface area contributed by atoms with E-state index in [-0.39, 0.29) is 25.9 Å². The van der Waals surface area contributed by atoms with Crippen LogP contribution in [0.15, 0.2) is 69.3 Å². The van der Waals surface area contributed by atoms with E-state index in [0.29, 0.717) is 16.3 Å². The van der Waals surface area contributed by atoms with Gasteiger partial charge in [-0.15, -0.1) is 0 Å². The molecule has 0 aliphatic rings. The number of nitrogens with one attached hydrogen (secondary N) is 1. The first-order valence-electron chi connectivity index (χ1n) is 8.98. The Labute approximate surface area is 186 Å². The van der Waals surface area contributed by atoms with E-state index in [1.165, 1.54) is 68.6 Å². The van der Waals surface area contributed by atoms with Crippen molar-refractivity contribution in [2.45, 2.75) is 28.5 Å². The molecule has 164 valence electrons. The summed E-state index contributed by atoms with van der Waals surface area (Å²) in [7, 11) is -6.71. The molecule has 0 bridgehead atoms. The Morgan fingerprint density at radius 1 is 0.903 bits per heavy atom. The number of phenols is 1. The second kappa shape index (κ2) is 8.41. The highest BCUT2D eigenvalue weighted by Gasteiger charge is 2.28. The highest BCUT2D eigenvalue weighted by molar-refractivity contribution is 7.93. The van der Waals surface area contributed by atoms with E-state index >= 15 is 0 Å². The van der Waals surface area contributed by atoms with Crippen LogP contribution in [0.5, 0.6) is 11.5 Å². The van der Waals surface area contributed by atoms with Gasteiger partial charge in [0.25, 0.3) is 10.0 Å². The molecule has 3 aromatic carbocycles. The van der Waals surface area contributed by atoms with Crippen LogP contribution in [0.3, 0.4) is 0 Å². The lowest BCUT2D eigenvalue weighted by molar-refractivity contribution is 0.414. The van der Waals surface area contributed by atoms with E-state index in [9.17, 15) is 21.9 Å². The molecule has 3 rings (SSSR count). The maximum atomic E-state index is 13.2. The van der Waals surface area contributed by atoms with Gasteiger partial charge >= 0.3 is 0 Å². The highest BCUT2D eigenvalue weighted by Crippen LogP contribution is 2.38.